The van der Waals surface area contributed by atoms with Gasteiger partial charge in [-0.2, -0.15) is 5.26 Å². The van der Waals surface area contributed by atoms with Crippen LogP contribution < -0.4 is 15.4 Å². The number of nitrogens with zero attached hydrogens (tertiary/aromatic N) is 5. The molecule has 2 saturated heterocycles. The lowest BCUT2D eigenvalue weighted by molar-refractivity contribution is -0.122. The average Bonchev–Trinajstić information content (AvgIpc) is 3.24. The van der Waals surface area contributed by atoms with Crippen LogP contribution in [0.4, 0.5) is 11.5 Å². The smallest absolute Gasteiger partial charge is 0.270 e. The maximum Gasteiger partial charge on any atom is 0.270 e. The fraction of sp³-hybridized carbons (Fsp3) is 0.484. The molecule has 3 heterocycles. The lowest BCUT2D eigenvalue weighted by Crippen LogP contribution is -2.48. The van der Waals surface area contributed by atoms with Crippen molar-refractivity contribution in [2.24, 2.45) is 0 Å². The van der Waals surface area contributed by atoms with Crippen molar-refractivity contribution in [2.45, 2.75) is 65.8 Å². The van der Waals surface area contributed by atoms with Crippen molar-refractivity contribution in [3.05, 3.63) is 62.3 Å². The van der Waals surface area contributed by atoms with E-state index < -0.39 is 0 Å². The van der Waals surface area contributed by atoms with Gasteiger partial charge < -0.3 is 9.80 Å². The summed E-state index contributed by atoms with van der Waals surface area (Å²) in [6, 6.07) is 12.5. The normalized spacial score (nSPS) is 16.8. The minimum absolute atomic E-state index is 0.0874. The molecular formula is C31H39N5O2S2. The largest absolute Gasteiger partial charge is 0.368 e. The molecule has 2 aliphatic rings. The number of thiocarbonyl (C=S) groups is 1. The zero-order chi connectivity index (χ0) is 28.6. The van der Waals surface area contributed by atoms with Crippen molar-refractivity contribution in [2.75, 3.05) is 42.5 Å². The number of amides is 1. The predicted octanol–water partition coefficient (Wildman–Crippen LogP) is 5.94. The molecule has 1 aromatic carbocycles. The number of carbonyl (C=O) groups excluding carboxylic acids is 1. The number of thioether (sulfide) groups is 1. The van der Waals surface area contributed by atoms with Crippen molar-refractivity contribution in [1.29, 1.82) is 5.26 Å². The minimum Gasteiger partial charge on any atom is -0.368 e. The zero-order valence-corrected chi connectivity index (χ0v) is 25.5. The van der Waals surface area contributed by atoms with Crippen LogP contribution in [0.1, 0.15) is 69.1 Å². The van der Waals surface area contributed by atoms with Crippen LogP contribution in [0, 0.1) is 18.3 Å². The van der Waals surface area contributed by atoms with E-state index >= 15 is 0 Å². The van der Waals surface area contributed by atoms with Gasteiger partial charge in [0, 0.05) is 50.5 Å². The van der Waals surface area contributed by atoms with Gasteiger partial charge in [0.05, 0.1) is 4.91 Å². The van der Waals surface area contributed by atoms with Crippen molar-refractivity contribution in [3.8, 4) is 6.07 Å². The van der Waals surface area contributed by atoms with Crippen LogP contribution in [0.15, 0.2) is 40.0 Å². The Kier molecular flexibility index (Phi) is 10.5. The summed E-state index contributed by atoms with van der Waals surface area (Å²) in [5.41, 5.74) is 2.46. The van der Waals surface area contributed by atoms with E-state index in [1.54, 1.807) is 9.47 Å². The summed E-state index contributed by atoms with van der Waals surface area (Å²) < 4.78 is 2.34. The highest BCUT2D eigenvalue weighted by atomic mass is 32.2. The Labute approximate surface area is 247 Å². The van der Waals surface area contributed by atoms with Gasteiger partial charge in [-0.25, -0.2) is 0 Å². The molecule has 0 N–H and O–H groups in total. The number of carbonyl (C=O) groups is 1. The number of benzene rings is 1. The van der Waals surface area contributed by atoms with E-state index in [4.69, 9.17) is 12.2 Å². The van der Waals surface area contributed by atoms with Gasteiger partial charge >= 0.3 is 0 Å². The molecule has 1 amide bonds. The van der Waals surface area contributed by atoms with Gasteiger partial charge in [0.25, 0.3) is 11.5 Å². The van der Waals surface area contributed by atoms with E-state index in [9.17, 15) is 14.9 Å². The van der Waals surface area contributed by atoms with Gasteiger partial charge in [0.1, 0.15) is 21.8 Å². The molecule has 9 heteroatoms. The molecular weight excluding hydrogens is 539 g/mol. The summed E-state index contributed by atoms with van der Waals surface area (Å²) in [5, 5.41) is 9.97. The molecule has 2 fully saturated rings. The lowest BCUT2D eigenvalue weighted by atomic mass is 10.0. The summed E-state index contributed by atoms with van der Waals surface area (Å²) in [6.07, 6.45) is 7.89. The second kappa shape index (κ2) is 14.0. The Morgan fingerprint density at radius 3 is 2.27 bits per heavy atom. The van der Waals surface area contributed by atoms with E-state index in [1.807, 2.05) is 31.2 Å². The Bertz CT molecular complexity index is 1350. The highest BCUT2D eigenvalue weighted by Gasteiger charge is 2.33. The molecule has 2 aliphatic heterocycles. The SMILES string of the molecule is CCCCCCN1C(=O)/C(=C\c2c(C)c(C#N)c(=O)n(CCCC)c2N2CCN(c3ccccc3)CC2)SC1=S. The minimum atomic E-state index is -0.255. The maximum absolute atomic E-state index is 13.6. The number of pyridine rings is 1. The Morgan fingerprint density at radius 1 is 0.950 bits per heavy atom. The van der Waals surface area contributed by atoms with Gasteiger partial charge in [-0.15, -0.1) is 0 Å². The Hall–Kier alpha value is -3.09. The first-order chi connectivity index (χ1) is 19.4. The van der Waals surface area contributed by atoms with Crippen LogP contribution in [0.25, 0.3) is 6.08 Å². The van der Waals surface area contributed by atoms with Crippen molar-refractivity contribution >= 4 is 51.8 Å². The third-order valence-corrected chi connectivity index (χ3v) is 9.04. The van der Waals surface area contributed by atoms with Crippen LogP contribution in [0.3, 0.4) is 0 Å². The summed E-state index contributed by atoms with van der Waals surface area (Å²) >= 11 is 6.91. The third-order valence-electron chi connectivity index (χ3n) is 7.67. The van der Waals surface area contributed by atoms with E-state index in [1.165, 1.54) is 17.4 Å². The molecule has 1 aromatic heterocycles. The number of anilines is 2. The Morgan fingerprint density at radius 2 is 1.62 bits per heavy atom. The molecule has 0 radical (unpaired) electrons. The number of unbranched alkanes of at least 4 members (excludes halogenated alkanes) is 4. The quantitative estimate of drug-likeness (QED) is 0.186. The van der Waals surface area contributed by atoms with Crippen LogP contribution >= 0.6 is 24.0 Å². The van der Waals surface area contributed by atoms with Crippen LogP contribution in [0.2, 0.25) is 0 Å². The van der Waals surface area contributed by atoms with Gasteiger partial charge in [-0.05, 0) is 43.5 Å². The predicted molar refractivity (Wildman–Crippen MR) is 170 cm³/mol. The fourth-order valence-electron chi connectivity index (χ4n) is 5.34. The number of piperazine rings is 1. The number of para-hydroxylation sites is 1. The molecule has 0 aliphatic carbocycles. The first-order valence-corrected chi connectivity index (χ1v) is 15.6. The number of nitriles is 1. The van der Waals surface area contributed by atoms with Gasteiger partial charge in [-0.1, -0.05) is 81.7 Å². The Balaban J connectivity index is 1.73. The first kappa shape index (κ1) is 29.9. The monoisotopic (exact) mass is 577 g/mol. The second-order valence-electron chi connectivity index (χ2n) is 10.4. The van der Waals surface area contributed by atoms with Gasteiger partial charge in [0.15, 0.2) is 0 Å². The molecule has 0 unspecified atom stereocenters. The molecule has 2 aromatic rings. The molecule has 4 rings (SSSR count). The molecule has 0 bridgehead atoms. The standard InChI is InChI=1S/C31H39N5O2S2/c1-4-6-8-12-16-36-30(38)27(40-31(36)39)21-25-23(3)26(22-32)29(37)35(15-7-5-2)28(25)34-19-17-33(18-20-34)24-13-10-9-11-14-24/h9-11,13-14,21H,4-8,12,15-20H2,1-3H3/b27-21+. The summed E-state index contributed by atoms with van der Waals surface area (Å²) in [4.78, 5) is 33.9. The summed E-state index contributed by atoms with van der Waals surface area (Å²) in [5.74, 6) is 0.714. The van der Waals surface area contributed by atoms with Crippen LogP contribution in [-0.2, 0) is 11.3 Å². The van der Waals surface area contributed by atoms with Crippen molar-refractivity contribution in [3.63, 3.8) is 0 Å². The first-order valence-electron chi connectivity index (χ1n) is 14.4. The fourth-order valence-corrected chi connectivity index (χ4v) is 6.63. The van der Waals surface area contributed by atoms with Gasteiger partial charge in [0.2, 0.25) is 0 Å². The highest BCUT2D eigenvalue weighted by molar-refractivity contribution is 8.26. The van der Waals surface area contributed by atoms with E-state index in [-0.39, 0.29) is 17.0 Å². The number of aromatic nitrogens is 1. The van der Waals surface area contributed by atoms with Crippen molar-refractivity contribution in [1.82, 2.24) is 9.47 Å². The molecule has 7 nitrogen and oxygen atoms in total. The van der Waals surface area contributed by atoms with Crippen LogP contribution in [0.5, 0.6) is 0 Å². The summed E-state index contributed by atoms with van der Waals surface area (Å²) in [6.45, 7) is 10.3. The van der Waals surface area contributed by atoms with Gasteiger partial charge in [-0.3, -0.25) is 19.1 Å². The number of hydrogen-bond donors (Lipinski definition) is 0. The average molecular weight is 578 g/mol. The molecule has 0 saturated carbocycles. The van der Waals surface area contributed by atoms with E-state index in [0.717, 1.165) is 76.1 Å². The van der Waals surface area contributed by atoms with Crippen LogP contribution in [-0.4, -0.2) is 52.4 Å². The number of hydrogen-bond acceptors (Lipinski definition) is 7. The maximum atomic E-state index is 13.6. The summed E-state index contributed by atoms with van der Waals surface area (Å²) in [7, 11) is 0. The topological polar surface area (TPSA) is 72.6 Å². The van der Waals surface area contributed by atoms with E-state index in [2.05, 4.69) is 41.8 Å². The molecule has 212 valence electrons. The number of rotatable bonds is 11. The lowest BCUT2D eigenvalue weighted by Gasteiger charge is -2.39. The second-order valence-corrected chi connectivity index (χ2v) is 12.0. The molecule has 0 spiro atoms. The molecule has 40 heavy (non-hydrogen) atoms. The zero-order valence-electron chi connectivity index (χ0n) is 23.8. The third kappa shape index (κ3) is 6.45. The highest BCUT2D eigenvalue weighted by Crippen LogP contribution is 2.36. The van der Waals surface area contributed by atoms with E-state index in [0.29, 0.717) is 27.9 Å². The molecule has 0 atom stereocenters. The van der Waals surface area contributed by atoms with Crippen molar-refractivity contribution < 1.29 is 4.79 Å².